The van der Waals surface area contributed by atoms with Crippen molar-refractivity contribution in [3.05, 3.63) is 35.6 Å². The SMILES string of the molecule is CC(C)(NC(=O)NCCC(=O)O)c1ccccc1F. The molecule has 2 amide bonds. The number of nitrogens with one attached hydrogen (secondary N) is 2. The second-order valence-electron chi connectivity index (χ2n) is 4.63. The first-order valence-electron chi connectivity index (χ1n) is 5.86. The van der Waals surface area contributed by atoms with E-state index in [-0.39, 0.29) is 13.0 Å². The van der Waals surface area contributed by atoms with Crippen LogP contribution in [-0.2, 0) is 10.3 Å². The summed E-state index contributed by atoms with van der Waals surface area (Å²) < 4.78 is 13.6. The van der Waals surface area contributed by atoms with Gasteiger partial charge in [0.1, 0.15) is 5.82 Å². The lowest BCUT2D eigenvalue weighted by Crippen LogP contribution is -2.47. The summed E-state index contributed by atoms with van der Waals surface area (Å²) in [5.41, 5.74) is -0.526. The maximum atomic E-state index is 13.6. The number of aliphatic carboxylic acids is 1. The molecule has 0 unspecified atom stereocenters. The van der Waals surface area contributed by atoms with Crippen LogP contribution in [0.2, 0.25) is 0 Å². The van der Waals surface area contributed by atoms with Crippen LogP contribution < -0.4 is 10.6 Å². The normalized spacial score (nSPS) is 10.9. The summed E-state index contributed by atoms with van der Waals surface area (Å²) in [6.45, 7) is 3.36. The van der Waals surface area contributed by atoms with E-state index in [1.165, 1.54) is 6.07 Å². The molecule has 1 rings (SSSR count). The predicted octanol–water partition coefficient (Wildman–Crippen LogP) is 1.83. The molecule has 0 saturated heterocycles. The fourth-order valence-corrected chi connectivity index (χ4v) is 1.65. The molecule has 0 atom stereocenters. The van der Waals surface area contributed by atoms with E-state index >= 15 is 0 Å². The summed E-state index contributed by atoms with van der Waals surface area (Å²) in [4.78, 5) is 21.9. The second-order valence-corrected chi connectivity index (χ2v) is 4.63. The van der Waals surface area contributed by atoms with Crippen molar-refractivity contribution >= 4 is 12.0 Å². The Labute approximate surface area is 110 Å². The van der Waals surface area contributed by atoms with Gasteiger partial charge in [0.05, 0.1) is 12.0 Å². The predicted molar refractivity (Wildman–Crippen MR) is 68.2 cm³/mol. The number of carbonyl (C=O) groups is 2. The Bertz CT molecular complexity index is 475. The van der Waals surface area contributed by atoms with Gasteiger partial charge in [-0.25, -0.2) is 9.18 Å². The van der Waals surface area contributed by atoms with Gasteiger partial charge in [0.25, 0.3) is 0 Å². The number of hydrogen-bond acceptors (Lipinski definition) is 2. The van der Waals surface area contributed by atoms with Crippen molar-refractivity contribution in [3.8, 4) is 0 Å². The van der Waals surface area contributed by atoms with E-state index < -0.39 is 23.4 Å². The van der Waals surface area contributed by atoms with Crippen LogP contribution in [0.25, 0.3) is 0 Å². The van der Waals surface area contributed by atoms with Gasteiger partial charge in [-0.1, -0.05) is 18.2 Å². The smallest absolute Gasteiger partial charge is 0.315 e. The van der Waals surface area contributed by atoms with Crippen LogP contribution in [-0.4, -0.2) is 23.7 Å². The van der Waals surface area contributed by atoms with Crippen LogP contribution in [0, 0.1) is 5.82 Å². The molecule has 0 bridgehead atoms. The molecular formula is C13H17FN2O3. The number of carbonyl (C=O) groups excluding carboxylic acids is 1. The fraction of sp³-hybridized carbons (Fsp3) is 0.385. The van der Waals surface area contributed by atoms with Gasteiger partial charge < -0.3 is 15.7 Å². The maximum absolute atomic E-state index is 13.6. The molecule has 0 fully saturated rings. The van der Waals surface area contributed by atoms with Crippen molar-refractivity contribution < 1.29 is 19.1 Å². The highest BCUT2D eigenvalue weighted by Gasteiger charge is 2.25. The van der Waals surface area contributed by atoms with E-state index in [1.54, 1.807) is 32.0 Å². The third kappa shape index (κ3) is 4.57. The van der Waals surface area contributed by atoms with Crippen molar-refractivity contribution in [3.63, 3.8) is 0 Å². The Morgan fingerprint density at radius 1 is 1.32 bits per heavy atom. The molecule has 1 aromatic rings. The number of urea groups is 1. The zero-order chi connectivity index (χ0) is 14.5. The molecule has 0 radical (unpaired) electrons. The first-order chi connectivity index (χ1) is 8.83. The second kappa shape index (κ2) is 6.17. The van der Waals surface area contributed by atoms with Gasteiger partial charge in [-0.05, 0) is 19.9 Å². The van der Waals surface area contributed by atoms with Gasteiger partial charge in [0, 0.05) is 12.1 Å². The molecule has 0 heterocycles. The summed E-state index contributed by atoms with van der Waals surface area (Å²) in [7, 11) is 0. The highest BCUT2D eigenvalue weighted by Crippen LogP contribution is 2.22. The summed E-state index contributed by atoms with van der Waals surface area (Å²) in [6, 6.07) is 5.63. The van der Waals surface area contributed by atoms with E-state index in [1.807, 2.05) is 0 Å². The van der Waals surface area contributed by atoms with Gasteiger partial charge in [0.15, 0.2) is 0 Å². The van der Waals surface area contributed by atoms with E-state index in [2.05, 4.69) is 10.6 Å². The Hall–Kier alpha value is -2.11. The number of hydrogen-bond donors (Lipinski definition) is 3. The largest absolute Gasteiger partial charge is 0.481 e. The molecule has 0 saturated carbocycles. The average Bonchev–Trinajstić information content (AvgIpc) is 2.27. The summed E-state index contributed by atoms with van der Waals surface area (Å²) >= 11 is 0. The number of carboxylic acids is 1. The summed E-state index contributed by atoms with van der Waals surface area (Å²) in [5, 5.41) is 13.5. The van der Waals surface area contributed by atoms with Crippen LogP contribution in [0.15, 0.2) is 24.3 Å². The molecule has 0 aliphatic heterocycles. The first-order valence-corrected chi connectivity index (χ1v) is 5.86. The van der Waals surface area contributed by atoms with Crippen LogP contribution >= 0.6 is 0 Å². The molecule has 0 spiro atoms. The zero-order valence-corrected chi connectivity index (χ0v) is 10.9. The van der Waals surface area contributed by atoms with Crippen LogP contribution in [0.4, 0.5) is 9.18 Å². The number of rotatable bonds is 5. The highest BCUT2D eigenvalue weighted by molar-refractivity contribution is 5.76. The maximum Gasteiger partial charge on any atom is 0.315 e. The lowest BCUT2D eigenvalue weighted by Gasteiger charge is -2.27. The summed E-state index contributed by atoms with van der Waals surface area (Å²) in [5.74, 6) is -1.40. The molecule has 0 aliphatic rings. The Balaban J connectivity index is 2.62. The molecular weight excluding hydrogens is 251 g/mol. The molecule has 104 valence electrons. The minimum atomic E-state index is -0.992. The molecule has 3 N–H and O–H groups in total. The molecule has 0 aromatic heterocycles. The number of halogens is 1. The highest BCUT2D eigenvalue weighted by atomic mass is 19.1. The summed E-state index contributed by atoms with van der Waals surface area (Å²) in [6.07, 6.45) is -0.159. The van der Waals surface area contributed by atoms with E-state index in [9.17, 15) is 14.0 Å². The lowest BCUT2D eigenvalue weighted by atomic mass is 9.94. The van der Waals surface area contributed by atoms with E-state index in [4.69, 9.17) is 5.11 Å². The van der Waals surface area contributed by atoms with Crippen LogP contribution in [0.5, 0.6) is 0 Å². The first kappa shape index (κ1) is 14.9. The lowest BCUT2D eigenvalue weighted by molar-refractivity contribution is -0.136. The third-order valence-electron chi connectivity index (χ3n) is 2.60. The van der Waals surface area contributed by atoms with Crippen molar-refractivity contribution in [1.82, 2.24) is 10.6 Å². The van der Waals surface area contributed by atoms with Crippen molar-refractivity contribution in [2.75, 3.05) is 6.54 Å². The van der Waals surface area contributed by atoms with Crippen molar-refractivity contribution in [2.24, 2.45) is 0 Å². The van der Waals surface area contributed by atoms with Crippen LogP contribution in [0.1, 0.15) is 25.8 Å². The quantitative estimate of drug-likeness (QED) is 0.762. The minimum absolute atomic E-state index is 0.0223. The Kier molecular flexibility index (Phi) is 4.86. The number of amides is 2. The molecule has 5 nitrogen and oxygen atoms in total. The number of carboxylic acid groups (broad SMARTS) is 1. The van der Waals surface area contributed by atoms with Gasteiger partial charge in [0.2, 0.25) is 0 Å². The topological polar surface area (TPSA) is 78.4 Å². The Morgan fingerprint density at radius 3 is 2.53 bits per heavy atom. The third-order valence-corrected chi connectivity index (χ3v) is 2.60. The fourth-order valence-electron chi connectivity index (χ4n) is 1.65. The monoisotopic (exact) mass is 268 g/mol. The molecule has 19 heavy (non-hydrogen) atoms. The van der Waals surface area contributed by atoms with Gasteiger partial charge >= 0.3 is 12.0 Å². The molecule has 1 aromatic carbocycles. The van der Waals surface area contributed by atoms with Gasteiger partial charge in [-0.15, -0.1) is 0 Å². The van der Waals surface area contributed by atoms with Crippen molar-refractivity contribution in [2.45, 2.75) is 25.8 Å². The van der Waals surface area contributed by atoms with E-state index in [0.717, 1.165) is 0 Å². The van der Waals surface area contributed by atoms with Gasteiger partial charge in [-0.2, -0.15) is 0 Å². The molecule has 6 heteroatoms. The number of benzene rings is 1. The van der Waals surface area contributed by atoms with Gasteiger partial charge in [-0.3, -0.25) is 4.79 Å². The van der Waals surface area contributed by atoms with Crippen molar-refractivity contribution in [1.29, 1.82) is 0 Å². The van der Waals surface area contributed by atoms with E-state index in [0.29, 0.717) is 5.56 Å². The standard InChI is InChI=1S/C13H17FN2O3/c1-13(2,9-5-3-4-6-10(9)14)16-12(19)15-8-7-11(17)18/h3-6H,7-8H2,1-2H3,(H,17,18)(H2,15,16,19). The zero-order valence-electron chi connectivity index (χ0n) is 10.9. The average molecular weight is 268 g/mol. The van der Waals surface area contributed by atoms with Crippen LogP contribution in [0.3, 0.4) is 0 Å². The minimum Gasteiger partial charge on any atom is -0.481 e. The Morgan fingerprint density at radius 2 is 1.95 bits per heavy atom. The molecule has 0 aliphatic carbocycles.